The molecule has 1 unspecified atom stereocenters. The van der Waals surface area contributed by atoms with Gasteiger partial charge in [0.05, 0.1) is 17.1 Å². The molecule has 1 aromatic carbocycles. The van der Waals surface area contributed by atoms with Crippen LogP contribution in [0.5, 0.6) is 0 Å². The highest BCUT2D eigenvalue weighted by atomic mass is 35.5. The first kappa shape index (κ1) is 12.3. The minimum atomic E-state index is 0.158. The molecule has 1 aromatic heterocycles. The van der Waals surface area contributed by atoms with Gasteiger partial charge in [0.2, 0.25) is 11.9 Å². The van der Waals surface area contributed by atoms with Crippen molar-refractivity contribution in [3.63, 3.8) is 0 Å². The molecule has 6 heteroatoms. The quantitative estimate of drug-likeness (QED) is 0.868. The van der Waals surface area contributed by atoms with Crippen LogP contribution in [-0.4, -0.2) is 34.0 Å². The van der Waals surface area contributed by atoms with Gasteiger partial charge >= 0.3 is 0 Å². The SMILES string of the molecule is CN1CC(n2c(N)nc3ccc(Cl)cc32)CCC1=O. The summed E-state index contributed by atoms with van der Waals surface area (Å²) >= 11 is 6.04. The summed E-state index contributed by atoms with van der Waals surface area (Å²) in [5, 5.41) is 0.661. The Morgan fingerprint density at radius 3 is 3.00 bits per heavy atom. The first-order chi connectivity index (χ1) is 9.06. The molecule has 1 fully saturated rings. The van der Waals surface area contributed by atoms with Crippen molar-refractivity contribution in [3.05, 3.63) is 23.2 Å². The molecular weight excluding hydrogens is 264 g/mol. The van der Waals surface area contributed by atoms with E-state index in [2.05, 4.69) is 4.98 Å². The van der Waals surface area contributed by atoms with Gasteiger partial charge in [-0.3, -0.25) is 4.79 Å². The van der Waals surface area contributed by atoms with E-state index in [1.165, 1.54) is 0 Å². The highest BCUT2D eigenvalue weighted by Gasteiger charge is 2.26. The topological polar surface area (TPSA) is 64.2 Å². The zero-order chi connectivity index (χ0) is 13.6. The molecule has 19 heavy (non-hydrogen) atoms. The Kier molecular flexibility index (Phi) is 2.86. The van der Waals surface area contributed by atoms with Gasteiger partial charge in [0.1, 0.15) is 0 Å². The number of halogens is 1. The smallest absolute Gasteiger partial charge is 0.222 e. The van der Waals surface area contributed by atoms with E-state index < -0.39 is 0 Å². The number of anilines is 1. The van der Waals surface area contributed by atoms with Gasteiger partial charge in [0.15, 0.2) is 0 Å². The van der Waals surface area contributed by atoms with Crippen molar-refractivity contribution in [2.75, 3.05) is 19.3 Å². The minimum absolute atomic E-state index is 0.158. The van der Waals surface area contributed by atoms with Gasteiger partial charge in [0, 0.05) is 25.0 Å². The van der Waals surface area contributed by atoms with Crippen molar-refractivity contribution in [2.24, 2.45) is 0 Å². The molecule has 0 saturated carbocycles. The maximum Gasteiger partial charge on any atom is 0.222 e. The fourth-order valence-corrected chi connectivity index (χ4v) is 2.84. The summed E-state index contributed by atoms with van der Waals surface area (Å²) < 4.78 is 1.99. The number of nitrogens with zero attached hydrogens (tertiary/aromatic N) is 3. The Morgan fingerprint density at radius 2 is 2.26 bits per heavy atom. The molecule has 1 aliphatic heterocycles. The zero-order valence-electron chi connectivity index (χ0n) is 10.6. The Bertz CT molecular complexity index is 651. The number of fused-ring (bicyclic) bond motifs is 1. The number of likely N-dealkylation sites (tertiary alicyclic amines) is 1. The van der Waals surface area contributed by atoms with E-state index in [-0.39, 0.29) is 11.9 Å². The number of amides is 1. The number of aromatic nitrogens is 2. The second kappa shape index (κ2) is 4.42. The van der Waals surface area contributed by atoms with Crippen molar-refractivity contribution in [1.29, 1.82) is 0 Å². The molecule has 2 aromatic rings. The number of nitrogens with two attached hydrogens (primary N) is 1. The summed E-state index contributed by atoms with van der Waals surface area (Å²) in [4.78, 5) is 17.7. The molecule has 5 nitrogen and oxygen atoms in total. The van der Waals surface area contributed by atoms with E-state index in [1.807, 2.05) is 23.7 Å². The van der Waals surface area contributed by atoms with Crippen LogP contribution in [0.25, 0.3) is 11.0 Å². The van der Waals surface area contributed by atoms with Gasteiger partial charge in [0.25, 0.3) is 0 Å². The predicted molar refractivity (Wildman–Crippen MR) is 75.1 cm³/mol. The average molecular weight is 279 g/mol. The van der Waals surface area contributed by atoms with Crippen LogP contribution in [-0.2, 0) is 4.79 Å². The minimum Gasteiger partial charge on any atom is -0.369 e. The van der Waals surface area contributed by atoms with E-state index in [4.69, 9.17) is 17.3 Å². The first-order valence-electron chi connectivity index (χ1n) is 6.23. The number of hydrogen-bond acceptors (Lipinski definition) is 3. The molecule has 2 N–H and O–H groups in total. The van der Waals surface area contributed by atoms with E-state index in [9.17, 15) is 4.79 Å². The van der Waals surface area contributed by atoms with Crippen LogP contribution in [0.3, 0.4) is 0 Å². The number of piperidine rings is 1. The fraction of sp³-hybridized carbons (Fsp3) is 0.385. The number of carbonyl (C=O) groups is 1. The van der Waals surface area contributed by atoms with E-state index >= 15 is 0 Å². The molecule has 3 rings (SSSR count). The maximum atomic E-state index is 11.6. The van der Waals surface area contributed by atoms with Crippen LogP contribution >= 0.6 is 11.6 Å². The van der Waals surface area contributed by atoms with E-state index in [0.29, 0.717) is 23.9 Å². The van der Waals surface area contributed by atoms with E-state index in [1.54, 1.807) is 11.0 Å². The molecule has 0 spiro atoms. The van der Waals surface area contributed by atoms with Crippen LogP contribution in [0.1, 0.15) is 18.9 Å². The molecular formula is C13H15ClN4O. The lowest BCUT2D eigenvalue weighted by Gasteiger charge is -2.31. The van der Waals surface area contributed by atoms with Crippen LogP contribution in [0.15, 0.2) is 18.2 Å². The molecule has 100 valence electrons. The van der Waals surface area contributed by atoms with Crippen LogP contribution < -0.4 is 5.73 Å². The van der Waals surface area contributed by atoms with E-state index in [0.717, 1.165) is 17.5 Å². The number of nitrogen functional groups attached to an aromatic ring is 1. The Hall–Kier alpha value is -1.75. The van der Waals surface area contributed by atoms with Gasteiger partial charge < -0.3 is 15.2 Å². The third kappa shape index (κ3) is 2.04. The summed E-state index contributed by atoms with van der Waals surface area (Å²) in [5.41, 5.74) is 7.78. The highest BCUT2D eigenvalue weighted by Crippen LogP contribution is 2.30. The number of hydrogen-bond donors (Lipinski definition) is 1. The number of likely N-dealkylation sites (N-methyl/N-ethyl adjacent to an activating group) is 1. The molecule has 1 aliphatic rings. The second-order valence-corrected chi connectivity index (χ2v) is 5.38. The third-order valence-corrected chi connectivity index (χ3v) is 3.88. The van der Waals surface area contributed by atoms with Gasteiger partial charge in [-0.25, -0.2) is 4.98 Å². The normalized spacial score (nSPS) is 20.2. The average Bonchev–Trinajstić information content (AvgIpc) is 2.68. The lowest BCUT2D eigenvalue weighted by molar-refractivity contribution is -0.132. The molecule has 1 saturated heterocycles. The van der Waals surface area contributed by atoms with Crippen molar-refractivity contribution in [2.45, 2.75) is 18.9 Å². The fourth-order valence-electron chi connectivity index (χ4n) is 2.67. The van der Waals surface area contributed by atoms with Gasteiger partial charge in [-0.1, -0.05) is 11.6 Å². The molecule has 0 radical (unpaired) electrons. The monoisotopic (exact) mass is 278 g/mol. The van der Waals surface area contributed by atoms with Crippen molar-refractivity contribution in [3.8, 4) is 0 Å². The summed E-state index contributed by atoms with van der Waals surface area (Å²) in [6, 6.07) is 5.70. The van der Waals surface area contributed by atoms with Gasteiger partial charge in [-0.05, 0) is 24.6 Å². The Balaban J connectivity index is 2.07. The third-order valence-electron chi connectivity index (χ3n) is 3.65. The van der Waals surface area contributed by atoms with Gasteiger partial charge in [-0.2, -0.15) is 0 Å². The number of rotatable bonds is 1. The van der Waals surface area contributed by atoms with Crippen molar-refractivity contribution < 1.29 is 4.79 Å². The first-order valence-corrected chi connectivity index (χ1v) is 6.61. The maximum absolute atomic E-state index is 11.6. The van der Waals surface area contributed by atoms with Gasteiger partial charge in [-0.15, -0.1) is 0 Å². The lowest BCUT2D eigenvalue weighted by Crippen LogP contribution is -2.38. The summed E-state index contributed by atoms with van der Waals surface area (Å²) in [7, 11) is 1.82. The van der Waals surface area contributed by atoms with Crippen LogP contribution in [0, 0.1) is 0 Å². The predicted octanol–water partition coefficient (Wildman–Crippen LogP) is 2.07. The molecule has 1 atom stereocenters. The van der Waals surface area contributed by atoms with Crippen LogP contribution in [0.2, 0.25) is 5.02 Å². The molecule has 2 heterocycles. The largest absolute Gasteiger partial charge is 0.369 e. The summed E-state index contributed by atoms with van der Waals surface area (Å²) in [6.07, 6.45) is 1.33. The summed E-state index contributed by atoms with van der Waals surface area (Å²) in [5.74, 6) is 0.655. The molecule has 1 amide bonds. The van der Waals surface area contributed by atoms with Crippen molar-refractivity contribution in [1.82, 2.24) is 14.5 Å². The zero-order valence-corrected chi connectivity index (χ0v) is 11.4. The van der Waals surface area contributed by atoms with Crippen molar-refractivity contribution >= 4 is 34.5 Å². The Morgan fingerprint density at radius 1 is 1.47 bits per heavy atom. The van der Waals surface area contributed by atoms with Crippen LogP contribution in [0.4, 0.5) is 5.95 Å². The molecule has 0 aliphatic carbocycles. The number of imidazole rings is 1. The highest BCUT2D eigenvalue weighted by molar-refractivity contribution is 6.31. The standard InChI is InChI=1S/C13H15ClN4O/c1-17-7-9(3-5-12(17)19)18-11-6-8(14)2-4-10(11)16-13(18)15/h2,4,6,9H,3,5,7H2,1H3,(H2,15,16). The Labute approximate surface area is 116 Å². The molecule has 0 bridgehead atoms. The summed E-state index contributed by atoms with van der Waals surface area (Å²) in [6.45, 7) is 0.654. The number of carbonyl (C=O) groups excluding carboxylic acids is 1. The second-order valence-electron chi connectivity index (χ2n) is 4.94. The lowest BCUT2D eigenvalue weighted by atomic mass is 10.1. The number of benzene rings is 1.